The Labute approximate surface area is 141 Å². The van der Waals surface area contributed by atoms with Crippen LogP contribution in [0.15, 0.2) is 18.2 Å². The number of halogens is 2. The van der Waals surface area contributed by atoms with Crippen molar-refractivity contribution in [1.29, 1.82) is 0 Å². The van der Waals surface area contributed by atoms with Crippen molar-refractivity contribution in [2.24, 2.45) is 0 Å². The topological polar surface area (TPSA) is 41.6 Å². The maximum Gasteiger partial charge on any atom is 0.410 e. The molecule has 1 aliphatic heterocycles. The van der Waals surface area contributed by atoms with E-state index in [1.165, 1.54) is 0 Å². The summed E-state index contributed by atoms with van der Waals surface area (Å²) in [6, 6.07) is 5.45. The fourth-order valence-corrected chi connectivity index (χ4v) is 2.94. The highest BCUT2D eigenvalue weighted by Gasteiger charge is 2.31. The fourth-order valence-electron chi connectivity index (χ4n) is 2.47. The van der Waals surface area contributed by atoms with E-state index in [2.05, 4.69) is 5.32 Å². The molecule has 1 unspecified atom stereocenters. The van der Waals surface area contributed by atoms with Gasteiger partial charge in [-0.1, -0.05) is 23.2 Å². The molecule has 22 heavy (non-hydrogen) atoms. The van der Waals surface area contributed by atoms with E-state index in [1.54, 1.807) is 17.0 Å². The van der Waals surface area contributed by atoms with E-state index < -0.39 is 5.60 Å². The molecular formula is C16H22Cl2N2O2. The molecule has 1 N–H and O–H groups in total. The van der Waals surface area contributed by atoms with Crippen molar-refractivity contribution >= 4 is 35.0 Å². The van der Waals surface area contributed by atoms with Crippen LogP contribution in [0.2, 0.25) is 10.0 Å². The van der Waals surface area contributed by atoms with Gasteiger partial charge in [0, 0.05) is 18.1 Å². The quantitative estimate of drug-likeness (QED) is 0.855. The summed E-state index contributed by atoms with van der Waals surface area (Å²) in [4.78, 5) is 14.0. The number of ether oxygens (including phenoxy) is 1. The molecule has 1 fully saturated rings. The lowest BCUT2D eigenvalue weighted by Crippen LogP contribution is -2.42. The van der Waals surface area contributed by atoms with E-state index >= 15 is 0 Å². The molecule has 0 bridgehead atoms. The van der Waals surface area contributed by atoms with E-state index in [0.29, 0.717) is 16.6 Å². The van der Waals surface area contributed by atoms with Crippen LogP contribution in [0, 0.1) is 0 Å². The minimum atomic E-state index is -0.475. The van der Waals surface area contributed by atoms with Gasteiger partial charge in [0.25, 0.3) is 0 Å². The molecule has 0 radical (unpaired) electrons. The van der Waals surface area contributed by atoms with Crippen LogP contribution in [0.4, 0.5) is 10.5 Å². The van der Waals surface area contributed by atoms with Gasteiger partial charge in [-0.25, -0.2) is 4.79 Å². The highest BCUT2D eigenvalue weighted by atomic mass is 35.5. The second kappa shape index (κ2) is 6.97. The first-order chi connectivity index (χ1) is 10.3. The third kappa shape index (κ3) is 4.68. The molecule has 0 aromatic heterocycles. The first-order valence-electron chi connectivity index (χ1n) is 7.45. The number of nitrogens with zero attached hydrogens (tertiary/aromatic N) is 1. The van der Waals surface area contributed by atoms with Crippen LogP contribution in [-0.2, 0) is 4.74 Å². The number of likely N-dealkylation sites (tertiary alicyclic amines) is 1. The zero-order chi connectivity index (χ0) is 16.3. The highest BCUT2D eigenvalue weighted by molar-refractivity contribution is 6.36. The predicted molar refractivity (Wildman–Crippen MR) is 90.9 cm³/mol. The molecule has 1 aromatic carbocycles. The summed E-state index contributed by atoms with van der Waals surface area (Å²) in [5.74, 6) is 0. The number of benzene rings is 1. The van der Waals surface area contributed by atoms with Gasteiger partial charge in [0.15, 0.2) is 0 Å². The first-order valence-corrected chi connectivity index (χ1v) is 8.20. The minimum absolute atomic E-state index is 0.113. The summed E-state index contributed by atoms with van der Waals surface area (Å²) < 4.78 is 5.46. The maximum atomic E-state index is 12.2. The van der Waals surface area contributed by atoms with Gasteiger partial charge >= 0.3 is 6.09 Å². The number of amides is 1. The number of hydrogen-bond acceptors (Lipinski definition) is 3. The standard InChI is InChI=1S/C16H22Cl2N2O2/c1-16(2,3)22-15(21)20-8-4-5-12(20)10-19-14-7-6-11(17)9-13(14)18/h6-7,9,12,19H,4-5,8,10H2,1-3H3. The number of carbonyl (C=O) groups is 1. The van der Waals surface area contributed by atoms with Gasteiger partial charge in [-0.15, -0.1) is 0 Å². The summed E-state index contributed by atoms with van der Waals surface area (Å²) in [5.41, 5.74) is 0.346. The number of anilines is 1. The normalized spacial score (nSPS) is 18.4. The van der Waals surface area contributed by atoms with Crippen molar-refractivity contribution in [3.63, 3.8) is 0 Å². The van der Waals surface area contributed by atoms with Crippen LogP contribution >= 0.6 is 23.2 Å². The largest absolute Gasteiger partial charge is 0.444 e. The Kier molecular flexibility index (Phi) is 5.45. The first kappa shape index (κ1) is 17.2. The van der Waals surface area contributed by atoms with Gasteiger partial charge < -0.3 is 15.0 Å². The van der Waals surface area contributed by atoms with E-state index in [0.717, 1.165) is 25.1 Å². The fraction of sp³-hybridized carbons (Fsp3) is 0.562. The van der Waals surface area contributed by atoms with Crippen molar-refractivity contribution < 1.29 is 9.53 Å². The summed E-state index contributed by atoms with van der Waals surface area (Å²) >= 11 is 12.0. The highest BCUT2D eigenvalue weighted by Crippen LogP contribution is 2.27. The molecule has 0 spiro atoms. The second-order valence-corrected chi connectivity index (χ2v) is 7.32. The average Bonchev–Trinajstić information content (AvgIpc) is 2.84. The van der Waals surface area contributed by atoms with Gasteiger partial charge in [-0.3, -0.25) is 0 Å². The molecule has 6 heteroatoms. The summed E-state index contributed by atoms with van der Waals surface area (Å²) in [7, 11) is 0. The second-order valence-electron chi connectivity index (χ2n) is 6.47. The van der Waals surface area contributed by atoms with Gasteiger partial charge in [0.2, 0.25) is 0 Å². The molecule has 1 heterocycles. The Bertz CT molecular complexity index is 543. The van der Waals surface area contributed by atoms with Crippen molar-refractivity contribution in [3.05, 3.63) is 28.2 Å². The van der Waals surface area contributed by atoms with Crippen LogP contribution < -0.4 is 5.32 Å². The van der Waals surface area contributed by atoms with Crippen molar-refractivity contribution in [3.8, 4) is 0 Å². The van der Waals surface area contributed by atoms with Gasteiger partial charge in [-0.05, 0) is 51.8 Å². The van der Waals surface area contributed by atoms with Gasteiger partial charge in [0.05, 0.1) is 16.8 Å². The van der Waals surface area contributed by atoms with Crippen LogP contribution in [0.3, 0.4) is 0 Å². The van der Waals surface area contributed by atoms with Crippen molar-refractivity contribution in [2.45, 2.75) is 45.3 Å². The molecule has 0 aliphatic carbocycles. The molecule has 1 atom stereocenters. The van der Waals surface area contributed by atoms with E-state index in [1.807, 2.05) is 26.8 Å². The third-order valence-corrected chi connectivity index (χ3v) is 4.01. The molecule has 1 aromatic rings. The molecule has 1 saturated heterocycles. The Morgan fingerprint density at radius 2 is 2.14 bits per heavy atom. The summed E-state index contributed by atoms with van der Waals surface area (Å²) in [5, 5.41) is 4.47. The summed E-state index contributed by atoms with van der Waals surface area (Å²) in [6.45, 7) is 7.00. The number of carbonyl (C=O) groups excluding carboxylic acids is 1. The minimum Gasteiger partial charge on any atom is -0.444 e. The lowest BCUT2D eigenvalue weighted by atomic mass is 10.2. The molecule has 1 aliphatic rings. The average molecular weight is 345 g/mol. The van der Waals surface area contributed by atoms with E-state index in [4.69, 9.17) is 27.9 Å². The van der Waals surface area contributed by atoms with Crippen molar-refractivity contribution in [1.82, 2.24) is 4.90 Å². The van der Waals surface area contributed by atoms with E-state index in [-0.39, 0.29) is 12.1 Å². The lowest BCUT2D eigenvalue weighted by Gasteiger charge is -2.29. The van der Waals surface area contributed by atoms with Crippen LogP contribution in [0.1, 0.15) is 33.6 Å². The summed E-state index contributed by atoms with van der Waals surface area (Å²) in [6.07, 6.45) is 1.69. The predicted octanol–water partition coefficient (Wildman–Crippen LogP) is 4.80. The zero-order valence-electron chi connectivity index (χ0n) is 13.2. The molecule has 4 nitrogen and oxygen atoms in total. The molecule has 2 rings (SSSR count). The number of rotatable bonds is 3. The lowest BCUT2D eigenvalue weighted by molar-refractivity contribution is 0.0235. The smallest absolute Gasteiger partial charge is 0.410 e. The third-order valence-electron chi connectivity index (χ3n) is 3.46. The Balaban J connectivity index is 1.95. The van der Waals surface area contributed by atoms with E-state index in [9.17, 15) is 4.79 Å². The van der Waals surface area contributed by atoms with Crippen LogP contribution in [0.5, 0.6) is 0 Å². The maximum absolute atomic E-state index is 12.2. The monoisotopic (exact) mass is 344 g/mol. The number of nitrogens with one attached hydrogen (secondary N) is 1. The molecule has 0 saturated carbocycles. The van der Waals surface area contributed by atoms with Crippen molar-refractivity contribution in [2.75, 3.05) is 18.4 Å². The van der Waals surface area contributed by atoms with Gasteiger partial charge in [0.1, 0.15) is 5.60 Å². The Morgan fingerprint density at radius 1 is 1.41 bits per heavy atom. The molecule has 1 amide bonds. The molecular weight excluding hydrogens is 323 g/mol. The van der Waals surface area contributed by atoms with Crippen LogP contribution in [-0.4, -0.2) is 35.7 Å². The number of hydrogen-bond donors (Lipinski definition) is 1. The Hall–Kier alpha value is -1.13. The zero-order valence-corrected chi connectivity index (χ0v) is 14.7. The van der Waals surface area contributed by atoms with Crippen LogP contribution in [0.25, 0.3) is 0 Å². The molecule has 122 valence electrons. The Morgan fingerprint density at radius 3 is 2.77 bits per heavy atom. The van der Waals surface area contributed by atoms with Gasteiger partial charge in [-0.2, -0.15) is 0 Å². The SMILES string of the molecule is CC(C)(C)OC(=O)N1CCCC1CNc1ccc(Cl)cc1Cl.